The van der Waals surface area contributed by atoms with Crippen molar-refractivity contribution in [2.24, 2.45) is 0 Å². The number of hydrogen-bond donors (Lipinski definition) is 2. The number of fused-ring (bicyclic) bond motifs is 1. The quantitative estimate of drug-likeness (QED) is 0.776. The first-order chi connectivity index (χ1) is 12.2. The number of amides is 2. The Kier molecular flexibility index (Phi) is 5.45. The molecule has 3 rings (SSSR count). The number of thioether (sulfide) groups is 1. The SMILES string of the molecule is COc1ccccc1OCCNC(=O)c1ccc2c(c1)NC(=O)CS2. The lowest BCUT2D eigenvalue weighted by atomic mass is 10.2. The molecule has 0 fully saturated rings. The molecule has 0 unspecified atom stereocenters. The zero-order valence-corrected chi connectivity index (χ0v) is 14.5. The van der Waals surface area contributed by atoms with Gasteiger partial charge in [0.2, 0.25) is 5.91 Å². The number of carbonyl (C=O) groups is 2. The normalized spacial score (nSPS) is 12.8. The number of hydrogen-bond acceptors (Lipinski definition) is 5. The zero-order valence-electron chi connectivity index (χ0n) is 13.7. The second kappa shape index (κ2) is 7.94. The first-order valence-corrected chi connectivity index (χ1v) is 8.76. The molecule has 25 heavy (non-hydrogen) atoms. The highest BCUT2D eigenvalue weighted by Crippen LogP contribution is 2.32. The molecule has 7 heteroatoms. The highest BCUT2D eigenvalue weighted by atomic mass is 32.2. The van der Waals surface area contributed by atoms with Gasteiger partial charge in [-0.1, -0.05) is 12.1 Å². The second-order valence-electron chi connectivity index (χ2n) is 5.30. The lowest BCUT2D eigenvalue weighted by Crippen LogP contribution is -2.28. The van der Waals surface area contributed by atoms with Crippen LogP contribution in [0, 0.1) is 0 Å². The van der Waals surface area contributed by atoms with Crippen LogP contribution in [0.15, 0.2) is 47.4 Å². The van der Waals surface area contributed by atoms with E-state index in [1.54, 1.807) is 19.2 Å². The van der Waals surface area contributed by atoms with E-state index in [2.05, 4.69) is 10.6 Å². The summed E-state index contributed by atoms with van der Waals surface area (Å²) in [4.78, 5) is 24.6. The number of ether oxygens (including phenoxy) is 2. The van der Waals surface area contributed by atoms with Crippen molar-refractivity contribution in [3.63, 3.8) is 0 Å². The third-order valence-electron chi connectivity index (χ3n) is 3.59. The van der Waals surface area contributed by atoms with Gasteiger partial charge in [0, 0.05) is 10.5 Å². The minimum atomic E-state index is -0.212. The minimum Gasteiger partial charge on any atom is -0.493 e. The van der Waals surface area contributed by atoms with Crippen LogP contribution in [0.1, 0.15) is 10.4 Å². The number of benzene rings is 2. The van der Waals surface area contributed by atoms with E-state index in [1.807, 2.05) is 30.3 Å². The molecular weight excluding hydrogens is 340 g/mol. The summed E-state index contributed by atoms with van der Waals surface area (Å²) < 4.78 is 10.8. The summed E-state index contributed by atoms with van der Waals surface area (Å²) in [6.07, 6.45) is 0. The largest absolute Gasteiger partial charge is 0.493 e. The summed E-state index contributed by atoms with van der Waals surface area (Å²) in [6, 6.07) is 12.6. The first-order valence-electron chi connectivity index (χ1n) is 7.78. The summed E-state index contributed by atoms with van der Waals surface area (Å²) in [5.41, 5.74) is 1.18. The van der Waals surface area contributed by atoms with Gasteiger partial charge < -0.3 is 20.1 Å². The van der Waals surface area contributed by atoms with E-state index >= 15 is 0 Å². The molecule has 0 saturated heterocycles. The van der Waals surface area contributed by atoms with Gasteiger partial charge in [0.25, 0.3) is 5.91 Å². The maximum atomic E-state index is 12.2. The van der Waals surface area contributed by atoms with Crippen LogP contribution in [0.25, 0.3) is 0 Å². The lowest BCUT2D eigenvalue weighted by Gasteiger charge is -2.17. The minimum absolute atomic E-state index is 0.0553. The van der Waals surface area contributed by atoms with Gasteiger partial charge in [0.05, 0.1) is 25.1 Å². The number of para-hydroxylation sites is 2. The van der Waals surface area contributed by atoms with Crippen LogP contribution in [0.4, 0.5) is 5.69 Å². The molecule has 0 spiro atoms. The number of methoxy groups -OCH3 is 1. The van der Waals surface area contributed by atoms with Gasteiger partial charge in [-0.3, -0.25) is 9.59 Å². The van der Waals surface area contributed by atoms with E-state index in [9.17, 15) is 9.59 Å². The standard InChI is InChI=1S/C18H18N2O4S/c1-23-14-4-2-3-5-15(14)24-9-8-19-18(22)12-6-7-16-13(10-12)20-17(21)11-25-16/h2-7,10H,8-9,11H2,1H3,(H,19,22)(H,20,21). The molecule has 0 aromatic heterocycles. The topological polar surface area (TPSA) is 76.7 Å². The van der Waals surface area contributed by atoms with Crippen molar-refractivity contribution in [1.29, 1.82) is 0 Å². The van der Waals surface area contributed by atoms with E-state index in [0.717, 1.165) is 4.90 Å². The van der Waals surface area contributed by atoms with Crippen molar-refractivity contribution in [2.45, 2.75) is 4.90 Å². The molecule has 2 aromatic carbocycles. The van der Waals surface area contributed by atoms with E-state index in [-0.39, 0.29) is 11.8 Å². The van der Waals surface area contributed by atoms with Crippen molar-refractivity contribution in [3.8, 4) is 11.5 Å². The molecule has 1 aliphatic heterocycles. The highest BCUT2D eigenvalue weighted by molar-refractivity contribution is 8.00. The molecule has 2 aromatic rings. The predicted octanol–water partition coefficient (Wildman–Crippen LogP) is 2.55. The average molecular weight is 358 g/mol. The maximum Gasteiger partial charge on any atom is 0.251 e. The van der Waals surface area contributed by atoms with Gasteiger partial charge in [-0.2, -0.15) is 0 Å². The van der Waals surface area contributed by atoms with Crippen LogP contribution in [0.3, 0.4) is 0 Å². The number of anilines is 1. The van der Waals surface area contributed by atoms with Gasteiger partial charge >= 0.3 is 0 Å². The molecule has 0 radical (unpaired) electrons. The summed E-state index contributed by atoms with van der Waals surface area (Å²) in [6.45, 7) is 0.679. The lowest BCUT2D eigenvalue weighted by molar-refractivity contribution is -0.113. The Labute approximate surface area is 149 Å². The number of nitrogens with one attached hydrogen (secondary N) is 2. The van der Waals surface area contributed by atoms with Crippen molar-refractivity contribution in [2.75, 3.05) is 31.3 Å². The Morgan fingerprint density at radius 2 is 2.04 bits per heavy atom. The molecule has 6 nitrogen and oxygen atoms in total. The Balaban J connectivity index is 1.53. The van der Waals surface area contributed by atoms with Gasteiger partial charge in [0.15, 0.2) is 11.5 Å². The molecule has 0 bridgehead atoms. The summed E-state index contributed by atoms with van der Waals surface area (Å²) in [5.74, 6) is 1.42. The Bertz CT molecular complexity index is 794. The van der Waals surface area contributed by atoms with E-state index in [4.69, 9.17) is 9.47 Å². The molecule has 0 aliphatic carbocycles. The van der Waals surface area contributed by atoms with Gasteiger partial charge in [-0.05, 0) is 30.3 Å². The third-order valence-corrected chi connectivity index (χ3v) is 4.66. The molecule has 2 amide bonds. The third kappa shape index (κ3) is 4.24. The van der Waals surface area contributed by atoms with Gasteiger partial charge in [-0.15, -0.1) is 11.8 Å². The Hall–Kier alpha value is -2.67. The van der Waals surface area contributed by atoms with Crippen LogP contribution in [-0.2, 0) is 4.79 Å². The van der Waals surface area contributed by atoms with Crippen LogP contribution < -0.4 is 20.1 Å². The number of carbonyl (C=O) groups excluding carboxylic acids is 2. The monoisotopic (exact) mass is 358 g/mol. The van der Waals surface area contributed by atoms with Crippen molar-refractivity contribution in [3.05, 3.63) is 48.0 Å². The fourth-order valence-corrected chi connectivity index (χ4v) is 3.18. The average Bonchev–Trinajstić information content (AvgIpc) is 2.64. The Morgan fingerprint density at radius 3 is 2.84 bits per heavy atom. The molecule has 0 atom stereocenters. The maximum absolute atomic E-state index is 12.2. The summed E-state index contributed by atoms with van der Waals surface area (Å²) in [5, 5.41) is 5.58. The van der Waals surface area contributed by atoms with Crippen LogP contribution in [0.5, 0.6) is 11.5 Å². The number of rotatable bonds is 6. The molecule has 2 N–H and O–H groups in total. The van der Waals surface area contributed by atoms with Crippen molar-refractivity contribution >= 4 is 29.3 Å². The van der Waals surface area contributed by atoms with E-state index in [0.29, 0.717) is 41.7 Å². The fourth-order valence-electron chi connectivity index (χ4n) is 2.39. The molecule has 130 valence electrons. The van der Waals surface area contributed by atoms with E-state index in [1.165, 1.54) is 11.8 Å². The highest BCUT2D eigenvalue weighted by Gasteiger charge is 2.17. The molecular formula is C18H18N2O4S. The molecule has 1 heterocycles. The van der Waals surface area contributed by atoms with E-state index < -0.39 is 0 Å². The van der Waals surface area contributed by atoms with Crippen molar-refractivity contribution in [1.82, 2.24) is 5.32 Å². The smallest absolute Gasteiger partial charge is 0.251 e. The van der Waals surface area contributed by atoms with Gasteiger partial charge in [-0.25, -0.2) is 0 Å². The summed E-state index contributed by atoms with van der Waals surface area (Å²) in [7, 11) is 1.58. The molecule has 0 saturated carbocycles. The van der Waals surface area contributed by atoms with Crippen LogP contribution >= 0.6 is 11.8 Å². The second-order valence-corrected chi connectivity index (χ2v) is 6.32. The van der Waals surface area contributed by atoms with Gasteiger partial charge in [0.1, 0.15) is 6.61 Å². The molecule has 1 aliphatic rings. The van der Waals surface area contributed by atoms with Crippen LogP contribution in [0.2, 0.25) is 0 Å². The van der Waals surface area contributed by atoms with Crippen LogP contribution in [-0.4, -0.2) is 37.8 Å². The predicted molar refractivity (Wildman–Crippen MR) is 96.6 cm³/mol. The summed E-state index contributed by atoms with van der Waals surface area (Å²) >= 11 is 1.46. The first kappa shape index (κ1) is 17.2. The zero-order chi connectivity index (χ0) is 17.6. The van der Waals surface area contributed by atoms with Crippen molar-refractivity contribution < 1.29 is 19.1 Å². The fraction of sp³-hybridized carbons (Fsp3) is 0.222. The Morgan fingerprint density at radius 1 is 1.24 bits per heavy atom.